The first-order chi connectivity index (χ1) is 13.9. The van der Waals surface area contributed by atoms with E-state index in [0.717, 1.165) is 22.9 Å². The average molecular weight is 398 g/mol. The van der Waals surface area contributed by atoms with Crippen LogP contribution in [0.25, 0.3) is 5.57 Å². The van der Waals surface area contributed by atoms with Gasteiger partial charge in [0.1, 0.15) is 6.54 Å². The molecule has 150 valence electrons. The van der Waals surface area contributed by atoms with Crippen LogP contribution in [0.5, 0.6) is 0 Å². The zero-order valence-corrected chi connectivity index (χ0v) is 15.9. The van der Waals surface area contributed by atoms with Crippen molar-refractivity contribution in [2.24, 2.45) is 0 Å². The molecule has 8 heteroatoms. The number of pyridine rings is 1. The van der Waals surface area contributed by atoms with E-state index in [-0.39, 0.29) is 30.2 Å². The van der Waals surface area contributed by atoms with Crippen LogP contribution in [0.3, 0.4) is 0 Å². The van der Waals surface area contributed by atoms with Crippen molar-refractivity contribution in [3.63, 3.8) is 0 Å². The van der Waals surface area contributed by atoms with E-state index < -0.39 is 17.7 Å². The lowest BCUT2D eigenvalue weighted by atomic mass is 10.0. The van der Waals surface area contributed by atoms with Gasteiger partial charge < -0.3 is 15.1 Å². The van der Waals surface area contributed by atoms with Gasteiger partial charge in [-0.3, -0.25) is 9.78 Å². The molecule has 0 fully saturated rings. The summed E-state index contributed by atoms with van der Waals surface area (Å²) < 4.78 is 27.6. The fourth-order valence-electron chi connectivity index (χ4n) is 3.62. The van der Waals surface area contributed by atoms with Crippen LogP contribution in [0.2, 0.25) is 0 Å². The van der Waals surface area contributed by atoms with Gasteiger partial charge in [-0.25, -0.2) is 13.6 Å². The van der Waals surface area contributed by atoms with E-state index in [1.807, 2.05) is 19.1 Å². The Balaban J connectivity index is 1.46. The normalized spacial score (nSPS) is 16.2. The quantitative estimate of drug-likeness (QED) is 0.863. The highest BCUT2D eigenvalue weighted by molar-refractivity contribution is 5.95. The maximum Gasteiger partial charge on any atom is 0.322 e. The molecule has 0 bridgehead atoms. The minimum Gasteiger partial charge on any atom is -0.337 e. The minimum atomic E-state index is -1.00. The number of hydrogen-bond donors (Lipinski definition) is 1. The molecule has 0 aliphatic carbocycles. The molecule has 0 spiro atoms. The number of anilines is 1. The summed E-state index contributed by atoms with van der Waals surface area (Å²) in [5.74, 6) is -2.22. The van der Waals surface area contributed by atoms with Crippen molar-refractivity contribution in [3.05, 3.63) is 65.0 Å². The molecule has 4 rings (SSSR count). The lowest BCUT2D eigenvalue weighted by Gasteiger charge is -2.33. The van der Waals surface area contributed by atoms with Gasteiger partial charge in [-0.1, -0.05) is 6.08 Å². The highest BCUT2D eigenvalue weighted by Crippen LogP contribution is 2.28. The van der Waals surface area contributed by atoms with Crippen molar-refractivity contribution in [2.75, 3.05) is 25.0 Å². The highest BCUT2D eigenvalue weighted by atomic mass is 19.2. The molecule has 3 amide bonds. The number of nitrogens with one attached hydrogen (secondary N) is 1. The Morgan fingerprint density at radius 2 is 2.07 bits per heavy atom. The standard InChI is InChI=1S/C21H20F2N4O2/c1-13-9-14(6-7-24-13)15-3-2-8-26(10-15)19(28)12-27-11-16-18(25-21(27)29)5-4-17(22)20(16)23/h3-7,9H,2,8,10-12H2,1H3,(H,25,29). The molecule has 3 heterocycles. The minimum absolute atomic E-state index is 0.0453. The molecule has 0 radical (unpaired) electrons. The Morgan fingerprint density at radius 1 is 1.24 bits per heavy atom. The predicted molar refractivity (Wildman–Crippen MR) is 104 cm³/mol. The summed E-state index contributed by atoms with van der Waals surface area (Å²) in [5.41, 5.74) is 3.20. The number of nitrogens with zero attached hydrogens (tertiary/aromatic N) is 3. The number of aryl methyl sites for hydroxylation is 1. The van der Waals surface area contributed by atoms with E-state index in [1.165, 1.54) is 11.0 Å². The van der Waals surface area contributed by atoms with Crippen LogP contribution in [-0.4, -0.2) is 46.4 Å². The second-order valence-electron chi connectivity index (χ2n) is 7.19. The monoisotopic (exact) mass is 398 g/mol. The number of halogens is 2. The van der Waals surface area contributed by atoms with Gasteiger partial charge in [-0.15, -0.1) is 0 Å². The zero-order chi connectivity index (χ0) is 20.5. The summed E-state index contributed by atoms with van der Waals surface area (Å²) in [6.07, 6.45) is 4.54. The summed E-state index contributed by atoms with van der Waals surface area (Å²) in [6, 6.07) is 5.65. The third-order valence-electron chi connectivity index (χ3n) is 5.17. The van der Waals surface area contributed by atoms with Crippen molar-refractivity contribution >= 4 is 23.2 Å². The van der Waals surface area contributed by atoms with E-state index in [0.29, 0.717) is 19.5 Å². The molecule has 1 aromatic heterocycles. The Kier molecular flexibility index (Phi) is 5.00. The number of hydrogen-bond acceptors (Lipinski definition) is 3. The van der Waals surface area contributed by atoms with Crippen LogP contribution in [0.15, 0.2) is 36.5 Å². The number of carbonyl (C=O) groups is 2. The number of amides is 3. The fraction of sp³-hybridized carbons (Fsp3) is 0.286. The maximum absolute atomic E-state index is 14.1. The van der Waals surface area contributed by atoms with E-state index in [1.54, 1.807) is 11.1 Å². The molecule has 1 N–H and O–H groups in total. The van der Waals surface area contributed by atoms with Crippen LogP contribution in [0, 0.1) is 18.6 Å². The van der Waals surface area contributed by atoms with Crippen LogP contribution in [0.1, 0.15) is 23.2 Å². The van der Waals surface area contributed by atoms with Crippen molar-refractivity contribution < 1.29 is 18.4 Å². The highest BCUT2D eigenvalue weighted by Gasteiger charge is 2.29. The second-order valence-corrected chi connectivity index (χ2v) is 7.19. The molecule has 0 saturated carbocycles. The molecule has 0 atom stereocenters. The van der Waals surface area contributed by atoms with Crippen molar-refractivity contribution in [1.29, 1.82) is 0 Å². The maximum atomic E-state index is 14.1. The second kappa shape index (κ2) is 7.62. The van der Waals surface area contributed by atoms with Gasteiger partial charge in [0.05, 0.1) is 12.2 Å². The Morgan fingerprint density at radius 3 is 2.86 bits per heavy atom. The molecule has 0 unspecified atom stereocenters. The van der Waals surface area contributed by atoms with Crippen LogP contribution in [-0.2, 0) is 11.3 Å². The number of carbonyl (C=O) groups excluding carboxylic acids is 2. The number of fused-ring (bicyclic) bond motifs is 1. The number of urea groups is 1. The fourth-order valence-corrected chi connectivity index (χ4v) is 3.62. The third-order valence-corrected chi connectivity index (χ3v) is 5.17. The Hall–Kier alpha value is -3.29. The summed E-state index contributed by atoms with van der Waals surface area (Å²) >= 11 is 0. The third kappa shape index (κ3) is 3.83. The van der Waals surface area contributed by atoms with Crippen molar-refractivity contribution in [1.82, 2.24) is 14.8 Å². The smallest absolute Gasteiger partial charge is 0.322 e. The molecule has 1 aromatic carbocycles. The van der Waals surface area contributed by atoms with Crippen LogP contribution < -0.4 is 5.32 Å². The molecular formula is C21H20F2N4O2. The Labute approximate surface area is 166 Å². The summed E-state index contributed by atoms with van der Waals surface area (Å²) in [4.78, 5) is 32.2. The molecular weight excluding hydrogens is 378 g/mol. The summed E-state index contributed by atoms with van der Waals surface area (Å²) in [6.45, 7) is 2.52. The van der Waals surface area contributed by atoms with Gasteiger partial charge >= 0.3 is 6.03 Å². The van der Waals surface area contributed by atoms with Crippen molar-refractivity contribution in [3.8, 4) is 0 Å². The topological polar surface area (TPSA) is 65.5 Å². The van der Waals surface area contributed by atoms with Gasteiger partial charge in [0, 0.05) is 30.5 Å². The largest absolute Gasteiger partial charge is 0.337 e. The number of aromatic nitrogens is 1. The van der Waals surface area contributed by atoms with Crippen LogP contribution in [0.4, 0.5) is 19.3 Å². The lowest BCUT2D eigenvalue weighted by molar-refractivity contribution is -0.131. The molecule has 0 saturated heterocycles. The van der Waals surface area contributed by atoms with E-state index >= 15 is 0 Å². The summed E-state index contributed by atoms with van der Waals surface area (Å²) in [5, 5.41) is 2.52. The molecule has 29 heavy (non-hydrogen) atoms. The average Bonchev–Trinajstić information content (AvgIpc) is 2.72. The molecule has 6 nitrogen and oxygen atoms in total. The zero-order valence-electron chi connectivity index (χ0n) is 15.9. The number of rotatable bonds is 3. The van der Waals surface area contributed by atoms with Crippen molar-refractivity contribution in [2.45, 2.75) is 19.9 Å². The molecule has 2 aromatic rings. The first-order valence-electron chi connectivity index (χ1n) is 9.35. The SMILES string of the molecule is Cc1cc(C2=CCCN(C(=O)CN3Cc4c(ccc(F)c4F)NC3=O)C2)ccn1. The molecule has 2 aliphatic rings. The first-order valence-corrected chi connectivity index (χ1v) is 9.35. The van der Waals surface area contributed by atoms with Gasteiger partial charge in [0.25, 0.3) is 0 Å². The van der Waals surface area contributed by atoms with Gasteiger partial charge in [0.15, 0.2) is 11.6 Å². The van der Waals surface area contributed by atoms with Gasteiger partial charge in [-0.05, 0) is 48.7 Å². The van der Waals surface area contributed by atoms with Gasteiger partial charge in [0.2, 0.25) is 5.91 Å². The van der Waals surface area contributed by atoms with Crippen LogP contribution >= 0.6 is 0 Å². The van der Waals surface area contributed by atoms with E-state index in [2.05, 4.69) is 16.4 Å². The first kappa shape index (κ1) is 19.0. The van der Waals surface area contributed by atoms with E-state index in [4.69, 9.17) is 0 Å². The Bertz CT molecular complexity index is 1020. The molecule has 2 aliphatic heterocycles. The summed E-state index contributed by atoms with van der Waals surface area (Å²) in [7, 11) is 0. The lowest BCUT2D eigenvalue weighted by Crippen LogP contribution is -2.47. The van der Waals surface area contributed by atoms with E-state index in [9.17, 15) is 18.4 Å². The predicted octanol–water partition coefficient (Wildman–Crippen LogP) is 3.33. The van der Waals surface area contributed by atoms with Gasteiger partial charge in [-0.2, -0.15) is 0 Å². The number of benzene rings is 1.